The van der Waals surface area contributed by atoms with E-state index in [0.717, 1.165) is 0 Å². The van der Waals surface area contributed by atoms with Gasteiger partial charge in [0.05, 0.1) is 10.1 Å². The largest absolute Gasteiger partial charge is 0.330 e. The summed E-state index contributed by atoms with van der Waals surface area (Å²) in [5, 5.41) is 18.6. The molecule has 0 saturated heterocycles. The molecule has 0 saturated carbocycles. The van der Waals surface area contributed by atoms with Gasteiger partial charge in [-0.15, -0.1) is 10.2 Å². The van der Waals surface area contributed by atoms with Crippen LogP contribution in [0.3, 0.4) is 0 Å². The molecule has 0 aliphatic heterocycles. The molecule has 1 heterocycles. The van der Waals surface area contributed by atoms with Crippen LogP contribution in [0, 0.1) is 5.82 Å². The summed E-state index contributed by atoms with van der Waals surface area (Å²) in [5.41, 5.74) is 0.859. The molecule has 8 nitrogen and oxygen atoms in total. The number of nitrogens with one attached hydrogen (secondary N) is 2. The van der Waals surface area contributed by atoms with Crippen LogP contribution in [-0.2, 0) is 14.8 Å². The van der Waals surface area contributed by atoms with Gasteiger partial charge in [0, 0.05) is 11.4 Å². The highest BCUT2D eigenvalue weighted by atomic mass is 32.2. The zero-order valence-corrected chi connectivity index (χ0v) is 17.4. The van der Waals surface area contributed by atoms with Crippen molar-refractivity contribution < 1.29 is 17.6 Å². The van der Waals surface area contributed by atoms with Crippen LogP contribution in [0.25, 0.3) is 0 Å². The van der Waals surface area contributed by atoms with Gasteiger partial charge < -0.3 is 10.6 Å². The number of hydrogen-bond acceptors (Lipinski definition) is 8. The van der Waals surface area contributed by atoms with Crippen molar-refractivity contribution in [1.82, 2.24) is 10.2 Å². The first-order valence-corrected chi connectivity index (χ1v) is 11.4. The second-order valence-corrected chi connectivity index (χ2v) is 9.96. The highest BCUT2D eigenvalue weighted by Crippen LogP contribution is 2.31. The third kappa shape index (κ3) is 5.97. The van der Waals surface area contributed by atoms with Crippen molar-refractivity contribution >= 4 is 55.5 Å². The van der Waals surface area contributed by atoms with Gasteiger partial charge in [0.25, 0.3) is 0 Å². The van der Waals surface area contributed by atoms with E-state index in [2.05, 4.69) is 20.8 Å². The number of nitrogens with zero attached hydrogens (tertiary/aromatic N) is 2. The summed E-state index contributed by atoms with van der Waals surface area (Å²) in [4.78, 5) is 12.3. The summed E-state index contributed by atoms with van der Waals surface area (Å²) in [6.07, 6.45) is 0. The van der Waals surface area contributed by atoms with Crippen molar-refractivity contribution in [2.24, 2.45) is 5.14 Å². The molecule has 1 amide bonds. The Morgan fingerprint density at radius 3 is 2.62 bits per heavy atom. The summed E-state index contributed by atoms with van der Waals surface area (Å²) in [5.74, 6) is -0.706. The molecule has 1 unspecified atom stereocenters. The van der Waals surface area contributed by atoms with E-state index in [1.807, 2.05) is 0 Å². The Morgan fingerprint density at radius 2 is 1.90 bits per heavy atom. The molecular weight excluding hydrogens is 437 g/mol. The topological polar surface area (TPSA) is 127 Å². The van der Waals surface area contributed by atoms with Gasteiger partial charge in [-0.25, -0.2) is 17.9 Å². The van der Waals surface area contributed by atoms with Gasteiger partial charge in [-0.2, -0.15) is 0 Å². The summed E-state index contributed by atoms with van der Waals surface area (Å²) in [6.45, 7) is 1.69. The second-order valence-electron chi connectivity index (χ2n) is 5.83. The molecule has 1 atom stereocenters. The number of thioether (sulfide) groups is 1. The molecule has 0 radical (unpaired) electrons. The number of primary sulfonamides is 1. The lowest BCUT2D eigenvalue weighted by Crippen LogP contribution is -2.22. The maximum atomic E-state index is 13.2. The molecule has 152 valence electrons. The molecule has 0 fully saturated rings. The fraction of sp³-hybridized carbons (Fsp3) is 0.118. The number of anilines is 3. The van der Waals surface area contributed by atoms with E-state index in [1.54, 1.807) is 25.1 Å². The minimum atomic E-state index is -3.86. The minimum Gasteiger partial charge on any atom is -0.330 e. The number of carbonyl (C=O) groups is 1. The molecule has 0 aliphatic rings. The minimum absolute atomic E-state index is 0.0900. The summed E-state index contributed by atoms with van der Waals surface area (Å²) < 4.78 is 36.6. The molecule has 2 aromatic carbocycles. The Bertz CT molecular complexity index is 1140. The van der Waals surface area contributed by atoms with Crippen LogP contribution in [0.2, 0.25) is 0 Å². The molecule has 0 bridgehead atoms. The molecule has 3 rings (SSSR count). The van der Waals surface area contributed by atoms with Crippen LogP contribution in [0.15, 0.2) is 57.8 Å². The predicted octanol–water partition coefficient (Wildman–Crippen LogP) is 3.19. The fourth-order valence-corrected chi connectivity index (χ4v) is 4.67. The molecule has 3 aromatic rings. The molecule has 4 N–H and O–H groups in total. The number of benzene rings is 2. The maximum absolute atomic E-state index is 13.2. The van der Waals surface area contributed by atoms with Gasteiger partial charge in [-0.05, 0) is 43.3 Å². The molecule has 0 aliphatic carbocycles. The molecule has 0 spiro atoms. The van der Waals surface area contributed by atoms with Gasteiger partial charge >= 0.3 is 0 Å². The van der Waals surface area contributed by atoms with E-state index in [-0.39, 0.29) is 16.6 Å². The lowest BCUT2D eigenvalue weighted by molar-refractivity contribution is -0.115. The summed E-state index contributed by atoms with van der Waals surface area (Å²) in [6, 6.07) is 11.6. The smallest absolute Gasteiger partial charge is 0.238 e. The monoisotopic (exact) mass is 453 g/mol. The number of aromatic nitrogens is 2. The van der Waals surface area contributed by atoms with Gasteiger partial charge in [0.1, 0.15) is 5.82 Å². The zero-order chi connectivity index (χ0) is 21.0. The van der Waals surface area contributed by atoms with E-state index in [4.69, 9.17) is 5.14 Å². The number of amides is 1. The Labute approximate surface area is 174 Å². The molecule has 12 heteroatoms. The molecule has 1 aromatic heterocycles. The summed E-state index contributed by atoms with van der Waals surface area (Å²) in [7, 11) is -3.86. The quantitative estimate of drug-likeness (QED) is 0.469. The lowest BCUT2D eigenvalue weighted by Gasteiger charge is -2.11. The number of halogens is 1. The highest BCUT2D eigenvalue weighted by molar-refractivity contribution is 8.02. The van der Waals surface area contributed by atoms with E-state index in [0.29, 0.717) is 20.8 Å². The molecule has 29 heavy (non-hydrogen) atoms. The van der Waals surface area contributed by atoms with Gasteiger partial charge in [0.2, 0.25) is 21.1 Å². The number of sulfonamides is 1. The number of hydrogen-bond donors (Lipinski definition) is 3. The first kappa shape index (κ1) is 21.2. The van der Waals surface area contributed by atoms with Crippen LogP contribution >= 0.6 is 23.1 Å². The lowest BCUT2D eigenvalue weighted by atomic mass is 10.3. The van der Waals surface area contributed by atoms with E-state index in [9.17, 15) is 17.6 Å². The van der Waals surface area contributed by atoms with Crippen LogP contribution in [0.5, 0.6) is 0 Å². The number of carbonyl (C=O) groups excluding carboxylic acids is 1. The van der Waals surface area contributed by atoms with E-state index >= 15 is 0 Å². The second kappa shape index (κ2) is 8.86. The van der Waals surface area contributed by atoms with E-state index in [1.165, 1.54) is 53.4 Å². The average Bonchev–Trinajstić information content (AvgIpc) is 3.08. The van der Waals surface area contributed by atoms with E-state index < -0.39 is 15.3 Å². The van der Waals surface area contributed by atoms with Crippen LogP contribution in [0.1, 0.15) is 6.92 Å². The van der Waals surface area contributed by atoms with Crippen LogP contribution in [0.4, 0.5) is 20.9 Å². The van der Waals surface area contributed by atoms with Gasteiger partial charge in [0.15, 0.2) is 4.34 Å². The first-order valence-electron chi connectivity index (χ1n) is 8.17. The SMILES string of the molecule is CC(Sc1nnc(Nc2cccc(F)c2)s1)C(=O)Nc1cccc(S(N)(=O)=O)c1. The number of nitrogens with two attached hydrogens (primary N) is 1. The molecular formula is C17H16FN5O3S3. The van der Waals surface area contributed by atoms with Crippen LogP contribution in [-0.4, -0.2) is 29.8 Å². The highest BCUT2D eigenvalue weighted by Gasteiger charge is 2.18. The Hall–Kier alpha value is -2.54. The van der Waals surface area contributed by atoms with Crippen molar-refractivity contribution in [2.75, 3.05) is 10.6 Å². The normalized spacial score (nSPS) is 12.4. The Balaban J connectivity index is 1.61. The third-order valence-electron chi connectivity index (χ3n) is 3.56. The Morgan fingerprint density at radius 1 is 1.17 bits per heavy atom. The van der Waals surface area contributed by atoms with Crippen molar-refractivity contribution in [3.05, 3.63) is 54.3 Å². The predicted molar refractivity (Wildman–Crippen MR) is 111 cm³/mol. The third-order valence-corrected chi connectivity index (χ3v) is 6.49. The Kier molecular flexibility index (Phi) is 6.47. The van der Waals surface area contributed by atoms with Crippen LogP contribution < -0.4 is 15.8 Å². The number of rotatable bonds is 7. The van der Waals surface area contributed by atoms with Crippen molar-refractivity contribution in [2.45, 2.75) is 21.4 Å². The average molecular weight is 454 g/mol. The zero-order valence-electron chi connectivity index (χ0n) is 15.0. The van der Waals surface area contributed by atoms with Crippen molar-refractivity contribution in [1.29, 1.82) is 0 Å². The van der Waals surface area contributed by atoms with Gasteiger partial charge in [-0.3, -0.25) is 4.79 Å². The standard InChI is InChI=1S/C17H16FN5O3S3/c1-10(15(24)20-13-6-3-7-14(9-13)29(19,25)26)27-17-23-22-16(28-17)21-12-5-2-4-11(18)8-12/h2-10H,1H3,(H,20,24)(H,21,22)(H2,19,25,26). The van der Waals surface area contributed by atoms with Gasteiger partial charge in [-0.1, -0.05) is 35.2 Å². The van der Waals surface area contributed by atoms with Crippen molar-refractivity contribution in [3.63, 3.8) is 0 Å². The summed E-state index contributed by atoms with van der Waals surface area (Å²) >= 11 is 2.41. The van der Waals surface area contributed by atoms with Crippen molar-refractivity contribution in [3.8, 4) is 0 Å². The fourth-order valence-electron chi connectivity index (χ4n) is 2.20. The first-order chi connectivity index (χ1) is 13.7. The maximum Gasteiger partial charge on any atom is 0.238 e.